The third-order valence-electron chi connectivity index (χ3n) is 4.38. The number of amides is 1. The second-order valence-electron chi connectivity index (χ2n) is 6.09. The Kier molecular flexibility index (Phi) is 4.37. The molecule has 1 saturated heterocycles. The number of fused-ring (bicyclic) bond motifs is 1. The summed E-state index contributed by atoms with van der Waals surface area (Å²) < 4.78 is 5.53. The molecule has 0 aliphatic carbocycles. The number of rotatable bonds is 3. The van der Waals surface area contributed by atoms with Crippen LogP contribution in [0.5, 0.6) is 0 Å². The van der Waals surface area contributed by atoms with E-state index in [0.717, 1.165) is 30.5 Å². The predicted octanol–water partition coefficient (Wildman–Crippen LogP) is 3.11. The molecule has 3 atom stereocenters. The van der Waals surface area contributed by atoms with Crippen LogP contribution in [-0.2, 0) is 16.0 Å². The van der Waals surface area contributed by atoms with E-state index < -0.39 is 0 Å². The largest absolute Gasteiger partial charge is 0.368 e. The van der Waals surface area contributed by atoms with Crippen LogP contribution >= 0.6 is 15.9 Å². The van der Waals surface area contributed by atoms with Gasteiger partial charge in [0.2, 0.25) is 0 Å². The monoisotopic (exact) mass is 365 g/mol. The molecule has 22 heavy (non-hydrogen) atoms. The molecule has 0 radical (unpaired) electrons. The van der Waals surface area contributed by atoms with E-state index in [1.807, 2.05) is 36.9 Å². The third-order valence-corrected chi connectivity index (χ3v) is 4.80. The first-order valence-corrected chi connectivity index (χ1v) is 8.66. The molecule has 3 unspecified atom stereocenters. The first-order valence-electron chi connectivity index (χ1n) is 7.75. The lowest BCUT2D eigenvalue weighted by Gasteiger charge is -2.25. The first-order chi connectivity index (χ1) is 10.5. The fourth-order valence-electron chi connectivity index (χ4n) is 3.28. The number of carbonyl (C=O) groups excluding carboxylic acids is 2. The van der Waals surface area contributed by atoms with Crippen molar-refractivity contribution in [3.8, 4) is 0 Å². The summed E-state index contributed by atoms with van der Waals surface area (Å²) in [6.45, 7) is 4.54. The number of ether oxygens (including phenoxy) is 1. The van der Waals surface area contributed by atoms with Gasteiger partial charge in [0, 0.05) is 23.9 Å². The van der Waals surface area contributed by atoms with Crippen LogP contribution in [0, 0.1) is 0 Å². The number of halogens is 1. The Labute approximate surface area is 138 Å². The van der Waals surface area contributed by atoms with Crippen molar-refractivity contribution in [2.75, 3.05) is 11.5 Å². The van der Waals surface area contributed by atoms with Crippen LogP contribution in [0.4, 0.5) is 5.69 Å². The Hall–Kier alpha value is -1.20. The Balaban J connectivity index is 1.88. The van der Waals surface area contributed by atoms with Gasteiger partial charge in [-0.2, -0.15) is 0 Å². The summed E-state index contributed by atoms with van der Waals surface area (Å²) in [5.74, 6) is 0.121. The van der Waals surface area contributed by atoms with Crippen LogP contribution in [0.15, 0.2) is 18.2 Å². The van der Waals surface area contributed by atoms with E-state index in [2.05, 4.69) is 15.9 Å². The van der Waals surface area contributed by atoms with Gasteiger partial charge >= 0.3 is 0 Å². The maximum absolute atomic E-state index is 12.7. The van der Waals surface area contributed by atoms with Gasteiger partial charge in [0.15, 0.2) is 5.78 Å². The molecule has 4 nitrogen and oxygen atoms in total. The van der Waals surface area contributed by atoms with Crippen molar-refractivity contribution < 1.29 is 14.3 Å². The minimum absolute atomic E-state index is 0.0525. The molecule has 118 valence electrons. The van der Waals surface area contributed by atoms with E-state index in [1.54, 1.807) is 0 Å². The number of hydrogen-bond acceptors (Lipinski definition) is 3. The van der Waals surface area contributed by atoms with Crippen molar-refractivity contribution in [3.05, 3.63) is 29.3 Å². The fraction of sp³-hybridized carbons (Fsp3) is 0.529. The zero-order chi connectivity index (χ0) is 15.9. The average Bonchev–Trinajstić information content (AvgIpc) is 3.11. The van der Waals surface area contributed by atoms with E-state index in [4.69, 9.17) is 4.74 Å². The molecule has 1 fully saturated rings. The van der Waals surface area contributed by atoms with E-state index in [1.165, 1.54) is 0 Å². The molecule has 0 saturated carbocycles. The zero-order valence-electron chi connectivity index (χ0n) is 12.8. The molecule has 0 aromatic heterocycles. The summed E-state index contributed by atoms with van der Waals surface area (Å²) in [5.41, 5.74) is 2.69. The molecule has 0 spiro atoms. The van der Waals surface area contributed by atoms with E-state index in [-0.39, 0.29) is 28.7 Å². The summed E-state index contributed by atoms with van der Waals surface area (Å²) >= 11 is 3.32. The molecular weight excluding hydrogens is 346 g/mol. The Morgan fingerprint density at radius 1 is 1.41 bits per heavy atom. The lowest BCUT2D eigenvalue weighted by Crippen LogP contribution is -2.42. The highest BCUT2D eigenvalue weighted by Crippen LogP contribution is 2.35. The Bertz CT molecular complexity index is 608. The number of nitrogens with zero attached hydrogens (tertiary/aromatic N) is 1. The normalized spacial score (nSPS) is 25.1. The number of benzene rings is 1. The lowest BCUT2D eigenvalue weighted by atomic mass is 10.0. The van der Waals surface area contributed by atoms with Crippen LogP contribution in [0.25, 0.3) is 0 Å². The van der Waals surface area contributed by atoms with Gasteiger partial charge in [-0.25, -0.2) is 0 Å². The zero-order valence-corrected chi connectivity index (χ0v) is 14.4. The molecule has 2 aliphatic heterocycles. The molecule has 0 bridgehead atoms. The molecule has 0 N–H and O–H groups in total. The SMILES string of the molecule is CC(Br)C(=O)c1ccc2c(c1)CC(C)N2C(=O)C1CCCO1. The second-order valence-corrected chi connectivity index (χ2v) is 7.46. The average molecular weight is 366 g/mol. The maximum atomic E-state index is 12.7. The van der Waals surface area contributed by atoms with Crippen molar-refractivity contribution in [2.45, 2.75) is 50.1 Å². The topological polar surface area (TPSA) is 46.6 Å². The van der Waals surface area contributed by atoms with Gasteiger partial charge < -0.3 is 9.64 Å². The second kappa shape index (κ2) is 6.13. The van der Waals surface area contributed by atoms with Gasteiger partial charge in [-0.3, -0.25) is 9.59 Å². The molecular formula is C17H20BrNO3. The minimum atomic E-state index is -0.308. The van der Waals surface area contributed by atoms with Gasteiger partial charge in [0.25, 0.3) is 5.91 Å². The first kappa shape index (κ1) is 15.7. The predicted molar refractivity (Wildman–Crippen MR) is 88.8 cm³/mol. The van der Waals surface area contributed by atoms with E-state index >= 15 is 0 Å². The minimum Gasteiger partial charge on any atom is -0.368 e. The van der Waals surface area contributed by atoms with Crippen molar-refractivity contribution >= 4 is 33.3 Å². The lowest BCUT2D eigenvalue weighted by molar-refractivity contribution is -0.127. The number of anilines is 1. The number of Topliss-reactive ketones (excluding diaryl/α,β-unsaturated/α-hetero) is 1. The van der Waals surface area contributed by atoms with Crippen molar-refractivity contribution in [3.63, 3.8) is 0 Å². The van der Waals surface area contributed by atoms with Gasteiger partial charge in [-0.1, -0.05) is 15.9 Å². The fourth-order valence-corrected chi connectivity index (χ4v) is 3.54. The smallest absolute Gasteiger partial charge is 0.256 e. The molecule has 2 heterocycles. The van der Waals surface area contributed by atoms with Crippen LogP contribution in [0.1, 0.15) is 42.6 Å². The van der Waals surface area contributed by atoms with Gasteiger partial charge in [0.05, 0.1) is 4.83 Å². The summed E-state index contributed by atoms with van der Waals surface area (Å²) in [6, 6.07) is 5.74. The van der Waals surface area contributed by atoms with Gasteiger partial charge in [-0.05, 0) is 56.9 Å². The molecule has 1 aromatic rings. The quantitative estimate of drug-likeness (QED) is 0.610. The molecule has 5 heteroatoms. The van der Waals surface area contributed by atoms with E-state index in [0.29, 0.717) is 12.2 Å². The molecule has 3 rings (SSSR count). The van der Waals surface area contributed by atoms with Crippen molar-refractivity contribution in [2.24, 2.45) is 0 Å². The Morgan fingerprint density at radius 2 is 2.18 bits per heavy atom. The molecule has 1 aromatic carbocycles. The third kappa shape index (κ3) is 2.72. The molecule has 1 amide bonds. The van der Waals surface area contributed by atoms with Crippen LogP contribution in [-0.4, -0.2) is 35.3 Å². The van der Waals surface area contributed by atoms with Crippen LogP contribution in [0.3, 0.4) is 0 Å². The number of alkyl halides is 1. The summed E-state index contributed by atoms with van der Waals surface area (Å²) in [5, 5.41) is 0. The molecule has 2 aliphatic rings. The highest BCUT2D eigenvalue weighted by Gasteiger charge is 2.36. The number of ketones is 1. The van der Waals surface area contributed by atoms with Crippen molar-refractivity contribution in [1.29, 1.82) is 0 Å². The summed E-state index contributed by atoms with van der Waals surface area (Å²) in [7, 11) is 0. The van der Waals surface area contributed by atoms with Crippen molar-refractivity contribution in [1.82, 2.24) is 0 Å². The van der Waals surface area contributed by atoms with Gasteiger partial charge in [0.1, 0.15) is 6.10 Å². The van der Waals surface area contributed by atoms with Crippen LogP contribution in [0.2, 0.25) is 0 Å². The Morgan fingerprint density at radius 3 is 2.82 bits per heavy atom. The number of carbonyl (C=O) groups is 2. The maximum Gasteiger partial charge on any atom is 0.256 e. The van der Waals surface area contributed by atoms with Gasteiger partial charge in [-0.15, -0.1) is 0 Å². The number of hydrogen-bond donors (Lipinski definition) is 0. The standard InChI is InChI=1S/C17H20BrNO3/c1-10-8-13-9-12(16(20)11(2)18)5-6-14(13)19(10)17(21)15-4-3-7-22-15/h5-6,9-11,15H,3-4,7-8H2,1-2H3. The highest BCUT2D eigenvalue weighted by molar-refractivity contribution is 9.10. The highest BCUT2D eigenvalue weighted by atomic mass is 79.9. The summed E-state index contributed by atoms with van der Waals surface area (Å²) in [6.07, 6.45) is 2.22. The van der Waals surface area contributed by atoms with Crippen LogP contribution < -0.4 is 4.90 Å². The summed E-state index contributed by atoms with van der Waals surface area (Å²) in [4.78, 5) is 26.4. The van der Waals surface area contributed by atoms with E-state index in [9.17, 15) is 9.59 Å².